The second-order valence-electron chi connectivity index (χ2n) is 5.97. The van der Waals surface area contributed by atoms with Crippen molar-refractivity contribution in [1.29, 1.82) is 0 Å². The maximum absolute atomic E-state index is 13.8. The first kappa shape index (κ1) is 24.9. The lowest BCUT2D eigenvalue weighted by atomic mass is 10.2. The number of nitrogens with zero attached hydrogens (tertiary/aromatic N) is 2. The van der Waals surface area contributed by atoms with Gasteiger partial charge in [-0.05, 0) is 43.3 Å². The molecule has 2 aromatic carbocycles. The highest BCUT2D eigenvalue weighted by molar-refractivity contribution is 7.99. The topological polar surface area (TPSA) is 79.0 Å². The number of nitrogens with one attached hydrogen (secondary N) is 1. The van der Waals surface area contributed by atoms with Crippen LogP contribution in [0.3, 0.4) is 0 Å². The molecular formula is C19H16F5N3O4S. The number of rotatable bonds is 5. The van der Waals surface area contributed by atoms with Crippen molar-refractivity contribution in [2.75, 3.05) is 18.0 Å². The molecule has 2 aromatic rings. The third kappa shape index (κ3) is 6.09. The van der Waals surface area contributed by atoms with Gasteiger partial charge in [0.2, 0.25) is 0 Å². The second kappa shape index (κ2) is 10.3. The Bertz CT molecular complexity index is 981. The Labute approximate surface area is 183 Å². The average Bonchev–Trinajstić information content (AvgIpc) is 2.71. The second-order valence-corrected chi connectivity index (χ2v) is 7.05. The van der Waals surface area contributed by atoms with Crippen LogP contribution in [0.2, 0.25) is 0 Å². The number of urea groups is 1. The van der Waals surface area contributed by atoms with E-state index in [1.165, 1.54) is 14.0 Å². The molecule has 0 aliphatic rings. The zero-order valence-electron chi connectivity index (χ0n) is 16.6. The van der Waals surface area contributed by atoms with Gasteiger partial charge in [0.25, 0.3) is 5.91 Å². The monoisotopic (exact) mass is 477 g/mol. The number of anilines is 1. The number of hydrogen-bond donors (Lipinski definition) is 1. The number of carbonyl (C=O) groups is 3. The minimum atomic E-state index is -4.64. The molecule has 0 unspecified atom stereocenters. The predicted octanol–water partition coefficient (Wildman–Crippen LogP) is 4.99. The van der Waals surface area contributed by atoms with E-state index in [0.717, 1.165) is 34.6 Å². The first-order valence-electron chi connectivity index (χ1n) is 8.81. The van der Waals surface area contributed by atoms with Gasteiger partial charge in [-0.2, -0.15) is 13.2 Å². The van der Waals surface area contributed by atoms with Crippen LogP contribution in [0.4, 0.5) is 37.2 Å². The molecule has 0 radical (unpaired) electrons. The van der Waals surface area contributed by atoms with Crippen LogP contribution in [0.1, 0.15) is 22.8 Å². The smallest absolute Gasteiger partial charge is 0.420 e. The Kier molecular flexibility index (Phi) is 8.02. The molecule has 0 saturated carbocycles. The molecule has 0 heterocycles. The van der Waals surface area contributed by atoms with Gasteiger partial charge in [-0.25, -0.2) is 27.0 Å². The number of halogens is 5. The number of alkyl halides is 3. The fourth-order valence-electron chi connectivity index (χ4n) is 2.28. The number of amides is 4. The van der Waals surface area contributed by atoms with Gasteiger partial charge >= 0.3 is 18.3 Å². The Morgan fingerprint density at radius 3 is 2.09 bits per heavy atom. The molecule has 7 nitrogen and oxygen atoms in total. The van der Waals surface area contributed by atoms with Gasteiger partial charge in [-0.3, -0.25) is 10.1 Å². The predicted molar refractivity (Wildman–Crippen MR) is 106 cm³/mol. The molecule has 13 heteroatoms. The van der Waals surface area contributed by atoms with E-state index in [4.69, 9.17) is 4.74 Å². The third-order valence-electron chi connectivity index (χ3n) is 3.75. The summed E-state index contributed by atoms with van der Waals surface area (Å²) in [5, 5.41) is 1.74. The molecule has 2 rings (SSSR count). The van der Waals surface area contributed by atoms with Gasteiger partial charge in [0, 0.05) is 7.05 Å². The molecule has 0 atom stereocenters. The lowest BCUT2D eigenvalue weighted by Crippen LogP contribution is -2.42. The van der Waals surface area contributed by atoms with Crippen molar-refractivity contribution in [1.82, 2.24) is 9.62 Å². The van der Waals surface area contributed by atoms with Crippen molar-refractivity contribution in [3.63, 3.8) is 0 Å². The highest BCUT2D eigenvalue weighted by Crippen LogP contribution is 2.32. The quantitative estimate of drug-likeness (QED) is 0.485. The zero-order chi connectivity index (χ0) is 24.1. The normalized spacial score (nSPS) is 11.0. The molecule has 0 fully saturated rings. The molecule has 172 valence electrons. The van der Waals surface area contributed by atoms with E-state index in [2.05, 4.69) is 0 Å². The SMILES string of the molecule is CCOC(=O)N(C)SN(C(=O)NC(=O)c1c(F)cccc1F)c1ccc(C(F)(F)F)cc1. The molecule has 0 saturated heterocycles. The Morgan fingerprint density at radius 1 is 1.03 bits per heavy atom. The highest BCUT2D eigenvalue weighted by Gasteiger charge is 2.31. The summed E-state index contributed by atoms with van der Waals surface area (Å²) in [6.07, 6.45) is -5.53. The number of ether oxygens (including phenoxy) is 1. The summed E-state index contributed by atoms with van der Waals surface area (Å²) in [5.41, 5.74) is -2.20. The Hall–Kier alpha value is -3.35. The number of imide groups is 1. The average molecular weight is 477 g/mol. The molecular weight excluding hydrogens is 461 g/mol. The first-order valence-corrected chi connectivity index (χ1v) is 9.54. The molecule has 4 amide bonds. The van der Waals surface area contributed by atoms with Crippen LogP contribution < -0.4 is 9.62 Å². The Balaban J connectivity index is 2.33. The van der Waals surface area contributed by atoms with Crippen LogP contribution in [0.25, 0.3) is 0 Å². The van der Waals surface area contributed by atoms with Gasteiger partial charge in [-0.15, -0.1) is 0 Å². The molecule has 0 bridgehead atoms. The van der Waals surface area contributed by atoms with Crippen molar-refractivity contribution in [3.8, 4) is 0 Å². The zero-order valence-corrected chi connectivity index (χ0v) is 17.4. The number of carbonyl (C=O) groups excluding carboxylic acids is 3. The van der Waals surface area contributed by atoms with Crippen molar-refractivity contribution in [2.24, 2.45) is 0 Å². The highest BCUT2D eigenvalue weighted by atomic mass is 32.2. The first-order chi connectivity index (χ1) is 15.0. The van der Waals surface area contributed by atoms with Gasteiger partial charge in [-0.1, -0.05) is 6.07 Å². The maximum Gasteiger partial charge on any atom is 0.420 e. The summed E-state index contributed by atoms with van der Waals surface area (Å²) in [4.78, 5) is 36.8. The van der Waals surface area contributed by atoms with Gasteiger partial charge in [0.05, 0.1) is 30.0 Å². The van der Waals surface area contributed by atoms with E-state index in [-0.39, 0.29) is 12.3 Å². The standard InChI is InChI=1S/C19H16F5N3O4S/c1-3-31-18(30)26(2)32-27(12-9-7-11(8-10-12)19(22,23)24)17(29)25-16(28)15-13(20)5-4-6-14(15)21/h4-10H,3H2,1-2H3,(H,25,28,29). The van der Waals surface area contributed by atoms with Gasteiger partial charge < -0.3 is 4.74 Å². The number of hydrogen-bond acceptors (Lipinski definition) is 5. The van der Waals surface area contributed by atoms with Crippen molar-refractivity contribution < 1.29 is 41.1 Å². The van der Waals surface area contributed by atoms with Crippen molar-refractivity contribution >= 4 is 35.9 Å². The van der Waals surface area contributed by atoms with Crippen molar-refractivity contribution in [3.05, 3.63) is 65.2 Å². The summed E-state index contributed by atoms with van der Waals surface area (Å²) in [6.45, 7) is 1.53. The Morgan fingerprint density at radius 2 is 1.59 bits per heavy atom. The summed E-state index contributed by atoms with van der Waals surface area (Å²) < 4.78 is 72.4. The molecule has 0 aliphatic heterocycles. The van der Waals surface area contributed by atoms with E-state index < -0.39 is 47.0 Å². The van der Waals surface area contributed by atoms with Crippen LogP contribution in [0.15, 0.2) is 42.5 Å². The summed E-state index contributed by atoms with van der Waals surface area (Å²) in [7, 11) is 1.20. The summed E-state index contributed by atoms with van der Waals surface area (Å²) in [6, 6.07) is 4.54. The van der Waals surface area contributed by atoms with Crippen LogP contribution in [-0.4, -0.2) is 36.0 Å². The van der Waals surface area contributed by atoms with Crippen molar-refractivity contribution in [2.45, 2.75) is 13.1 Å². The minimum Gasteiger partial charge on any atom is -0.449 e. The largest absolute Gasteiger partial charge is 0.449 e. The maximum atomic E-state index is 13.8. The van der Waals surface area contributed by atoms with Crippen LogP contribution in [0.5, 0.6) is 0 Å². The molecule has 32 heavy (non-hydrogen) atoms. The lowest BCUT2D eigenvalue weighted by Gasteiger charge is -2.25. The molecule has 0 aromatic heterocycles. The molecule has 1 N–H and O–H groups in total. The summed E-state index contributed by atoms with van der Waals surface area (Å²) in [5.74, 6) is -3.89. The molecule has 0 spiro atoms. The third-order valence-corrected chi connectivity index (χ3v) is 4.69. The van der Waals surface area contributed by atoms with E-state index in [1.807, 2.05) is 0 Å². The van der Waals surface area contributed by atoms with Crippen LogP contribution >= 0.6 is 12.1 Å². The fourth-order valence-corrected chi connectivity index (χ4v) is 2.98. The number of benzene rings is 2. The fraction of sp³-hybridized carbons (Fsp3) is 0.211. The van der Waals surface area contributed by atoms with E-state index in [0.29, 0.717) is 28.6 Å². The lowest BCUT2D eigenvalue weighted by molar-refractivity contribution is -0.137. The van der Waals surface area contributed by atoms with E-state index in [1.54, 1.807) is 5.32 Å². The van der Waals surface area contributed by atoms with Gasteiger partial charge in [0.1, 0.15) is 17.2 Å². The molecule has 0 aliphatic carbocycles. The van der Waals surface area contributed by atoms with Crippen LogP contribution in [-0.2, 0) is 10.9 Å². The van der Waals surface area contributed by atoms with E-state index >= 15 is 0 Å². The van der Waals surface area contributed by atoms with E-state index in [9.17, 15) is 36.3 Å². The summed E-state index contributed by atoms with van der Waals surface area (Å²) >= 11 is 0.372. The minimum absolute atomic E-state index is 0.00125. The van der Waals surface area contributed by atoms with Crippen LogP contribution in [0, 0.1) is 11.6 Å². The van der Waals surface area contributed by atoms with Gasteiger partial charge in [0.15, 0.2) is 0 Å².